The molecule has 1 saturated carbocycles. The topological polar surface area (TPSA) is 78.1 Å². The Kier molecular flexibility index (Phi) is 4.59. The molecule has 2 N–H and O–H groups in total. The fourth-order valence-electron chi connectivity index (χ4n) is 2.33. The van der Waals surface area contributed by atoms with Gasteiger partial charge in [0.1, 0.15) is 0 Å². The fraction of sp³-hybridized carbons (Fsp3) is 0.750. The predicted octanol–water partition coefficient (Wildman–Crippen LogP) is 0.940. The lowest BCUT2D eigenvalue weighted by molar-refractivity contribution is 0.249. The van der Waals surface area contributed by atoms with E-state index in [0.717, 1.165) is 12.8 Å². The Labute approximate surface area is 114 Å². The summed E-state index contributed by atoms with van der Waals surface area (Å²) in [5.74, 6) is 0.519. The van der Waals surface area contributed by atoms with Crippen LogP contribution in [0.2, 0.25) is 0 Å². The van der Waals surface area contributed by atoms with Gasteiger partial charge in [-0.05, 0) is 25.8 Å². The molecule has 0 saturated heterocycles. The summed E-state index contributed by atoms with van der Waals surface area (Å²) in [6.45, 7) is 3.49. The molecule has 0 amide bonds. The molecule has 1 aliphatic carbocycles. The Bertz CT molecular complexity index is 508. The van der Waals surface area contributed by atoms with E-state index in [1.54, 1.807) is 17.5 Å². The minimum absolute atomic E-state index is 0.225. The van der Waals surface area contributed by atoms with Gasteiger partial charge in [0.2, 0.25) is 0 Å². The third-order valence-corrected chi connectivity index (χ3v) is 5.64. The van der Waals surface area contributed by atoms with E-state index in [2.05, 4.69) is 15.5 Å². The normalized spacial score (nSPS) is 16.8. The molecule has 1 aromatic heterocycles. The predicted molar refractivity (Wildman–Crippen MR) is 73.1 cm³/mol. The maximum atomic E-state index is 12.6. The molecule has 0 radical (unpaired) electrons. The van der Waals surface area contributed by atoms with Crippen molar-refractivity contribution in [2.24, 2.45) is 5.92 Å². The molecular weight excluding hydrogens is 264 g/mol. The number of nitrogens with one attached hydrogen (secondary N) is 2. The lowest BCUT2D eigenvalue weighted by atomic mass is 9.85. The van der Waals surface area contributed by atoms with Gasteiger partial charge in [0, 0.05) is 25.2 Å². The second-order valence-corrected chi connectivity index (χ2v) is 6.88. The first-order chi connectivity index (χ1) is 9.09. The van der Waals surface area contributed by atoms with Crippen LogP contribution in [-0.2, 0) is 16.6 Å². The molecule has 1 aromatic rings. The highest BCUT2D eigenvalue weighted by atomic mass is 32.2. The van der Waals surface area contributed by atoms with Crippen molar-refractivity contribution in [1.82, 2.24) is 19.8 Å². The zero-order valence-corrected chi connectivity index (χ0v) is 12.3. The number of hydrogen-bond acceptors (Lipinski definition) is 4. The molecule has 2 rings (SSSR count). The number of hydrogen-bond donors (Lipinski definition) is 2. The van der Waals surface area contributed by atoms with Crippen molar-refractivity contribution in [3.05, 3.63) is 11.8 Å². The molecule has 0 bridgehead atoms. The van der Waals surface area contributed by atoms with E-state index in [9.17, 15) is 8.42 Å². The summed E-state index contributed by atoms with van der Waals surface area (Å²) in [6, 6.07) is 0. The third kappa shape index (κ3) is 2.98. The lowest BCUT2D eigenvalue weighted by Crippen LogP contribution is -2.37. The molecule has 0 spiro atoms. The Morgan fingerprint density at radius 3 is 2.79 bits per heavy atom. The third-order valence-electron chi connectivity index (χ3n) is 3.68. The maximum Gasteiger partial charge on any atom is 0.260 e. The summed E-state index contributed by atoms with van der Waals surface area (Å²) in [7, 11) is -1.67. The van der Waals surface area contributed by atoms with E-state index in [1.807, 2.05) is 6.92 Å². The summed E-state index contributed by atoms with van der Waals surface area (Å²) in [5, 5.41) is 9.69. The molecule has 0 aromatic carbocycles. The van der Waals surface area contributed by atoms with Crippen molar-refractivity contribution in [3.63, 3.8) is 0 Å². The second kappa shape index (κ2) is 6.02. The lowest BCUT2D eigenvalue weighted by Gasteiger charge is -2.31. The van der Waals surface area contributed by atoms with E-state index in [4.69, 9.17) is 0 Å². The van der Waals surface area contributed by atoms with Gasteiger partial charge in [-0.15, -0.1) is 0 Å². The van der Waals surface area contributed by atoms with E-state index >= 15 is 0 Å². The Balaban J connectivity index is 2.20. The zero-order valence-electron chi connectivity index (χ0n) is 11.5. The van der Waals surface area contributed by atoms with Crippen LogP contribution in [0.5, 0.6) is 0 Å². The number of rotatable bonds is 7. The molecule has 1 heterocycles. The number of nitrogens with zero attached hydrogens (tertiary/aromatic N) is 2. The molecule has 108 valence electrons. The number of aromatic nitrogens is 2. The van der Waals surface area contributed by atoms with Crippen LogP contribution >= 0.6 is 0 Å². The molecule has 7 heteroatoms. The first-order valence-corrected chi connectivity index (χ1v) is 8.20. The summed E-state index contributed by atoms with van der Waals surface area (Å²) in [4.78, 5) is 0. The highest BCUT2D eigenvalue weighted by Crippen LogP contribution is 2.29. The SMILES string of the molecule is CCN(CC1CCC1)S(=O)(=O)c1[nH]ncc1CNC. The van der Waals surface area contributed by atoms with E-state index in [0.29, 0.717) is 31.1 Å². The number of aromatic amines is 1. The van der Waals surface area contributed by atoms with Crippen LogP contribution < -0.4 is 5.32 Å². The first-order valence-electron chi connectivity index (χ1n) is 6.76. The molecule has 19 heavy (non-hydrogen) atoms. The average Bonchev–Trinajstić information content (AvgIpc) is 2.77. The summed E-state index contributed by atoms with van der Waals surface area (Å²) < 4.78 is 26.8. The summed E-state index contributed by atoms with van der Waals surface area (Å²) >= 11 is 0. The molecule has 1 aliphatic rings. The van der Waals surface area contributed by atoms with Gasteiger partial charge in [-0.25, -0.2) is 8.42 Å². The molecule has 6 nitrogen and oxygen atoms in total. The average molecular weight is 286 g/mol. The Hall–Kier alpha value is -0.920. The molecule has 0 aliphatic heterocycles. The van der Waals surface area contributed by atoms with Crippen LogP contribution in [0.15, 0.2) is 11.2 Å². The molecule has 0 unspecified atom stereocenters. The Morgan fingerprint density at radius 2 is 2.26 bits per heavy atom. The van der Waals surface area contributed by atoms with E-state index in [-0.39, 0.29) is 5.03 Å². The quantitative estimate of drug-likeness (QED) is 0.782. The standard InChI is InChI=1S/C12H22N4O2S/c1-3-16(9-10-5-4-6-10)19(17,18)12-11(7-13-2)8-14-15-12/h8,10,13H,3-7,9H2,1-2H3,(H,14,15). The van der Waals surface area contributed by atoms with Gasteiger partial charge in [-0.3, -0.25) is 5.10 Å². The van der Waals surface area contributed by atoms with Crippen molar-refractivity contribution in [1.29, 1.82) is 0 Å². The van der Waals surface area contributed by atoms with Crippen LogP contribution in [-0.4, -0.2) is 43.1 Å². The van der Waals surface area contributed by atoms with E-state index in [1.165, 1.54) is 6.42 Å². The Morgan fingerprint density at radius 1 is 1.53 bits per heavy atom. The number of sulfonamides is 1. The van der Waals surface area contributed by atoms with Crippen LogP contribution in [0.3, 0.4) is 0 Å². The highest BCUT2D eigenvalue weighted by Gasteiger charge is 2.31. The van der Waals surface area contributed by atoms with Gasteiger partial charge in [0.15, 0.2) is 5.03 Å². The van der Waals surface area contributed by atoms with Crippen molar-refractivity contribution in [2.75, 3.05) is 20.1 Å². The zero-order chi connectivity index (χ0) is 13.9. The largest absolute Gasteiger partial charge is 0.316 e. The maximum absolute atomic E-state index is 12.6. The van der Waals surface area contributed by atoms with Crippen molar-refractivity contribution >= 4 is 10.0 Å². The van der Waals surface area contributed by atoms with Crippen LogP contribution in [0.4, 0.5) is 0 Å². The van der Waals surface area contributed by atoms with Gasteiger partial charge in [-0.2, -0.15) is 9.40 Å². The van der Waals surface area contributed by atoms with Gasteiger partial charge in [-0.1, -0.05) is 13.3 Å². The van der Waals surface area contributed by atoms with Gasteiger partial charge in [0.05, 0.1) is 6.20 Å². The first kappa shape index (κ1) is 14.5. The van der Waals surface area contributed by atoms with Gasteiger partial charge < -0.3 is 5.32 Å². The van der Waals surface area contributed by atoms with E-state index < -0.39 is 10.0 Å². The van der Waals surface area contributed by atoms with Gasteiger partial charge in [0.25, 0.3) is 10.0 Å². The van der Waals surface area contributed by atoms with Crippen molar-refractivity contribution < 1.29 is 8.42 Å². The smallest absolute Gasteiger partial charge is 0.260 e. The number of H-pyrrole nitrogens is 1. The van der Waals surface area contributed by atoms with Crippen molar-refractivity contribution in [2.45, 2.75) is 37.8 Å². The minimum atomic E-state index is -3.46. The molecule has 0 atom stereocenters. The second-order valence-electron chi connectivity index (χ2n) is 5.01. The van der Waals surface area contributed by atoms with Crippen LogP contribution in [0.25, 0.3) is 0 Å². The fourth-order valence-corrected chi connectivity index (χ4v) is 3.96. The molecule has 1 fully saturated rings. The monoisotopic (exact) mass is 286 g/mol. The molecular formula is C12H22N4O2S. The summed E-state index contributed by atoms with van der Waals surface area (Å²) in [5.41, 5.74) is 0.689. The summed E-state index contributed by atoms with van der Waals surface area (Å²) in [6.07, 6.45) is 5.06. The minimum Gasteiger partial charge on any atom is -0.316 e. The van der Waals surface area contributed by atoms with Crippen molar-refractivity contribution in [3.8, 4) is 0 Å². The van der Waals surface area contributed by atoms with Crippen LogP contribution in [0.1, 0.15) is 31.7 Å². The highest BCUT2D eigenvalue weighted by molar-refractivity contribution is 7.89. The van der Waals surface area contributed by atoms with Crippen LogP contribution in [0, 0.1) is 5.92 Å². The van der Waals surface area contributed by atoms with Gasteiger partial charge >= 0.3 is 0 Å².